The van der Waals surface area contributed by atoms with E-state index in [1.165, 1.54) is 29.5 Å². The Kier molecular flexibility index (Phi) is 6.09. The predicted molar refractivity (Wildman–Crippen MR) is 125 cm³/mol. The summed E-state index contributed by atoms with van der Waals surface area (Å²) in [5.41, 5.74) is 4.85. The number of imidazole rings is 1. The number of nitrogens with one attached hydrogen (secondary N) is 1. The average Bonchev–Trinajstić information content (AvgIpc) is 3.21. The van der Waals surface area contributed by atoms with Gasteiger partial charge in [0.05, 0.1) is 25.8 Å². The van der Waals surface area contributed by atoms with Crippen LogP contribution in [0.3, 0.4) is 0 Å². The van der Waals surface area contributed by atoms with E-state index in [9.17, 15) is 5.11 Å². The van der Waals surface area contributed by atoms with Gasteiger partial charge < -0.3 is 19.7 Å². The van der Waals surface area contributed by atoms with Crippen LogP contribution in [0.25, 0.3) is 11.1 Å². The molecule has 5 nitrogen and oxygen atoms in total. The van der Waals surface area contributed by atoms with E-state index >= 15 is 0 Å². The van der Waals surface area contributed by atoms with Gasteiger partial charge in [-0.3, -0.25) is 0 Å². The summed E-state index contributed by atoms with van der Waals surface area (Å²) >= 11 is 0. The number of hydrogen-bond acceptors (Lipinski definition) is 4. The zero-order chi connectivity index (χ0) is 21.9. The largest absolute Gasteiger partial charge is 0.385 e. The van der Waals surface area contributed by atoms with E-state index in [0.717, 1.165) is 18.8 Å². The van der Waals surface area contributed by atoms with Gasteiger partial charge in [0, 0.05) is 24.0 Å². The van der Waals surface area contributed by atoms with Crippen LogP contribution in [-0.4, -0.2) is 40.0 Å². The Morgan fingerprint density at radius 3 is 2.38 bits per heavy atom. The summed E-state index contributed by atoms with van der Waals surface area (Å²) in [5.74, 6) is 7.67. The third-order valence-corrected chi connectivity index (χ3v) is 6.45. The summed E-state index contributed by atoms with van der Waals surface area (Å²) in [7, 11) is 0. The maximum Gasteiger partial charge on any atom is 0.138 e. The molecule has 1 aliphatic carbocycles. The van der Waals surface area contributed by atoms with Crippen molar-refractivity contribution in [3.8, 4) is 23.0 Å². The van der Waals surface area contributed by atoms with Gasteiger partial charge in [-0.25, -0.2) is 4.98 Å². The molecule has 2 fully saturated rings. The summed E-state index contributed by atoms with van der Waals surface area (Å²) in [4.78, 5) is 4.17. The highest BCUT2D eigenvalue weighted by molar-refractivity contribution is 5.64. The van der Waals surface area contributed by atoms with Crippen LogP contribution in [0.4, 0.5) is 0 Å². The summed E-state index contributed by atoms with van der Waals surface area (Å²) in [5, 5.41) is 13.4. The second-order valence-corrected chi connectivity index (χ2v) is 8.86. The van der Waals surface area contributed by atoms with E-state index in [1.807, 2.05) is 10.8 Å². The van der Waals surface area contributed by atoms with Gasteiger partial charge in [0.15, 0.2) is 0 Å². The van der Waals surface area contributed by atoms with Gasteiger partial charge in [0.25, 0.3) is 0 Å². The fraction of sp³-hybridized carbons (Fsp3) is 0.370. The molecule has 5 heteroatoms. The number of rotatable bonds is 6. The van der Waals surface area contributed by atoms with E-state index in [1.54, 1.807) is 13.1 Å². The molecule has 0 unspecified atom stereocenters. The van der Waals surface area contributed by atoms with Crippen molar-refractivity contribution in [2.24, 2.45) is 0 Å². The van der Waals surface area contributed by atoms with Crippen LogP contribution in [0.15, 0.2) is 60.9 Å². The topological polar surface area (TPSA) is 59.3 Å². The second kappa shape index (κ2) is 9.30. The van der Waals surface area contributed by atoms with Gasteiger partial charge in [-0.15, -0.1) is 0 Å². The number of aliphatic hydroxyl groups is 1. The van der Waals surface area contributed by atoms with Crippen molar-refractivity contribution >= 4 is 0 Å². The molecular formula is C27H29N3O2. The molecule has 1 aliphatic heterocycles. The van der Waals surface area contributed by atoms with Crippen LogP contribution in [0.5, 0.6) is 0 Å². The SMILES string of the molecule is C[C@H](O)c1nccn1CC#Cc1ccc(-c2ccc(C3CC(NC4COC4)C3)cc2)cc1. The molecule has 0 spiro atoms. The van der Waals surface area contributed by atoms with Crippen molar-refractivity contribution < 1.29 is 9.84 Å². The van der Waals surface area contributed by atoms with Crippen LogP contribution in [0.2, 0.25) is 0 Å². The molecule has 2 aliphatic rings. The lowest BCUT2D eigenvalue weighted by molar-refractivity contribution is -0.0157. The highest BCUT2D eigenvalue weighted by atomic mass is 16.5. The smallest absolute Gasteiger partial charge is 0.138 e. The third-order valence-electron chi connectivity index (χ3n) is 6.45. The molecule has 2 heterocycles. The first-order chi connectivity index (χ1) is 15.7. The zero-order valence-electron chi connectivity index (χ0n) is 18.4. The lowest BCUT2D eigenvalue weighted by Crippen LogP contribution is -2.53. The van der Waals surface area contributed by atoms with Gasteiger partial charge in [0.2, 0.25) is 0 Å². The van der Waals surface area contributed by atoms with Crippen molar-refractivity contribution in [1.29, 1.82) is 0 Å². The number of ether oxygens (including phenoxy) is 1. The number of hydrogen-bond donors (Lipinski definition) is 2. The highest BCUT2D eigenvalue weighted by Crippen LogP contribution is 2.38. The van der Waals surface area contributed by atoms with Crippen molar-refractivity contribution in [1.82, 2.24) is 14.9 Å². The average molecular weight is 428 g/mol. The number of benzene rings is 2. The van der Waals surface area contributed by atoms with Crippen LogP contribution in [-0.2, 0) is 11.3 Å². The van der Waals surface area contributed by atoms with E-state index < -0.39 is 6.10 Å². The van der Waals surface area contributed by atoms with Crippen molar-refractivity contribution in [2.75, 3.05) is 13.2 Å². The fourth-order valence-electron chi connectivity index (χ4n) is 4.43. The molecule has 1 aromatic heterocycles. The molecule has 1 atom stereocenters. The summed E-state index contributed by atoms with van der Waals surface area (Å²) in [6.45, 7) is 3.96. The highest BCUT2D eigenvalue weighted by Gasteiger charge is 2.33. The predicted octanol–water partition coefficient (Wildman–Crippen LogP) is 3.89. The molecule has 2 aromatic carbocycles. The van der Waals surface area contributed by atoms with Crippen LogP contribution >= 0.6 is 0 Å². The molecule has 164 valence electrons. The van der Waals surface area contributed by atoms with Crippen molar-refractivity contribution in [2.45, 2.75) is 50.4 Å². The van der Waals surface area contributed by atoms with Crippen LogP contribution < -0.4 is 5.32 Å². The van der Waals surface area contributed by atoms with Crippen molar-refractivity contribution in [3.05, 3.63) is 77.9 Å². The molecule has 0 amide bonds. The first-order valence-corrected chi connectivity index (χ1v) is 11.4. The second-order valence-electron chi connectivity index (χ2n) is 8.86. The molecular weight excluding hydrogens is 398 g/mol. The van der Waals surface area contributed by atoms with Gasteiger partial charge in [0.1, 0.15) is 11.9 Å². The van der Waals surface area contributed by atoms with Crippen LogP contribution in [0.1, 0.15) is 48.7 Å². The normalized spacial score (nSPS) is 21.2. The van der Waals surface area contributed by atoms with Gasteiger partial charge in [-0.2, -0.15) is 0 Å². The Hall–Kier alpha value is -2.91. The van der Waals surface area contributed by atoms with E-state index in [2.05, 4.69) is 70.7 Å². The monoisotopic (exact) mass is 427 g/mol. The van der Waals surface area contributed by atoms with Gasteiger partial charge in [-0.05, 0) is 54.5 Å². The van der Waals surface area contributed by atoms with Crippen molar-refractivity contribution in [3.63, 3.8) is 0 Å². The maximum atomic E-state index is 9.73. The standard InChI is InChI=1S/C27H29N3O2/c1-19(31)27-28-12-14-30(27)13-2-3-20-4-6-21(7-5-20)22-8-10-23(11-9-22)24-15-25(16-24)29-26-17-32-18-26/h4-12,14,19,24-26,29,31H,13,15-18H2,1H3/t19-,24?,25?/m0/s1. The quantitative estimate of drug-likeness (QED) is 0.586. The Morgan fingerprint density at radius 1 is 1.06 bits per heavy atom. The minimum Gasteiger partial charge on any atom is -0.385 e. The molecule has 0 radical (unpaired) electrons. The van der Waals surface area contributed by atoms with Gasteiger partial charge >= 0.3 is 0 Å². The lowest BCUT2D eigenvalue weighted by Gasteiger charge is -2.41. The summed E-state index contributed by atoms with van der Waals surface area (Å²) < 4.78 is 7.11. The number of nitrogens with zero attached hydrogens (tertiary/aromatic N) is 2. The minimum atomic E-state index is -0.595. The number of aliphatic hydroxyl groups excluding tert-OH is 1. The zero-order valence-corrected chi connectivity index (χ0v) is 18.4. The first-order valence-electron chi connectivity index (χ1n) is 11.4. The lowest BCUT2D eigenvalue weighted by atomic mass is 9.75. The van der Waals surface area contributed by atoms with E-state index in [-0.39, 0.29) is 0 Å². The number of aromatic nitrogens is 2. The molecule has 3 aromatic rings. The van der Waals surface area contributed by atoms with E-state index in [4.69, 9.17) is 4.74 Å². The Bertz CT molecular complexity index is 1100. The summed E-state index contributed by atoms with van der Waals surface area (Å²) in [6, 6.07) is 18.6. The molecule has 1 saturated heterocycles. The first kappa shape index (κ1) is 21.0. The maximum absolute atomic E-state index is 9.73. The summed E-state index contributed by atoms with van der Waals surface area (Å²) in [6.07, 6.45) is 5.38. The molecule has 0 bridgehead atoms. The molecule has 32 heavy (non-hydrogen) atoms. The Morgan fingerprint density at radius 2 is 1.75 bits per heavy atom. The van der Waals surface area contributed by atoms with E-state index in [0.29, 0.717) is 30.4 Å². The van der Waals surface area contributed by atoms with Gasteiger partial charge in [-0.1, -0.05) is 48.2 Å². The van der Waals surface area contributed by atoms with Crippen LogP contribution in [0, 0.1) is 11.8 Å². The Labute approximate surface area is 189 Å². The fourth-order valence-corrected chi connectivity index (χ4v) is 4.43. The third kappa shape index (κ3) is 4.63. The molecule has 2 N–H and O–H groups in total. The Balaban J connectivity index is 1.16. The molecule has 5 rings (SSSR count). The minimum absolute atomic E-state index is 0.509. The molecule has 1 saturated carbocycles.